The highest BCUT2D eigenvalue weighted by atomic mass is 35.5. The van der Waals surface area contributed by atoms with Gasteiger partial charge in [0.1, 0.15) is 5.01 Å². The molecule has 1 aromatic heterocycles. The minimum absolute atomic E-state index is 0.472. The number of benzene rings is 2. The molecule has 3 heteroatoms. The van der Waals surface area contributed by atoms with E-state index in [2.05, 4.69) is 53.5 Å². The van der Waals surface area contributed by atoms with Crippen molar-refractivity contribution in [3.8, 4) is 10.4 Å². The molecule has 1 nitrogen and oxygen atoms in total. The third kappa shape index (κ3) is 2.92. The molecular formula is C17H14ClNS. The molecular weight excluding hydrogens is 286 g/mol. The van der Waals surface area contributed by atoms with E-state index in [1.54, 1.807) is 11.3 Å². The second-order valence-electron chi connectivity index (χ2n) is 4.55. The summed E-state index contributed by atoms with van der Waals surface area (Å²) >= 11 is 7.64. The molecule has 0 saturated heterocycles. The molecule has 0 bridgehead atoms. The standard InChI is InChI=1S/C17H14ClNS/c18-12-16-19-15(11-13-7-3-1-4-8-13)17(20-16)14-9-5-2-6-10-14/h1-10H,11-12H2. The molecule has 0 fully saturated rings. The van der Waals surface area contributed by atoms with Crippen LogP contribution in [0, 0.1) is 0 Å². The fourth-order valence-electron chi connectivity index (χ4n) is 2.18. The van der Waals surface area contributed by atoms with Gasteiger partial charge in [0, 0.05) is 6.42 Å². The van der Waals surface area contributed by atoms with Crippen LogP contribution in [0.25, 0.3) is 10.4 Å². The zero-order valence-electron chi connectivity index (χ0n) is 10.9. The van der Waals surface area contributed by atoms with Gasteiger partial charge in [-0.1, -0.05) is 60.7 Å². The first-order valence-electron chi connectivity index (χ1n) is 6.50. The quantitative estimate of drug-likeness (QED) is 0.608. The third-order valence-corrected chi connectivity index (χ3v) is 4.66. The lowest BCUT2D eigenvalue weighted by molar-refractivity contribution is 1.08. The average molecular weight is 300 g/mol. The predicted molar refractivity (Wildman–Crippen MR) is 86.4 cm³/mol. The van der Waals surface area contributed by atoms with Crippen LogP contribution in [-0.4, -0.2) is 4.98 Å². The summed E-state index contributed by atoms with van der Waals surface area (Å²) in [5.41, 5.74) is 3.60. The molecule has 0 aliphatic rings. The molecule has 0 unspecified atom stereocenters. The number of rotatable bonds is 4. The highest BCUT2D eigenvalue weighted by Gasteiger charge is 2.12. The van der Waals surface area contributed by atoms with Crippen molar-refractivity contribution in [2.75, 3.05) is 0 Å². The highest BCUT2D eigenvalue weighted by Crippen LogP contribution is 2.32. The van der Waals surface area contributed by atoms with E-state index in [1.165, 1.54) is 16.0 Å². The van der Waals surface area contributed by atoms with E-state index in [0.29, 0.717) is 5.88 Å². The zero-order chi connectivity index (χ0) is 13.8. The average Bonchev–Trinajstić information content (AvgIpc) is 2.92. The van der Waals surface area contributed by atoms with Crippen molar-refractivity contribution >= 4 is 22.9 Å². The molecule has 0 spiro atoms. The Morgan fingerprint density at radius 2 is 1.55 bits per heavy atom. The molecule has 0 amide bonds. The van der Waals surface area contributed by atoms with Crippen molar-refractivity contribution in [3.63, 3.8) is 0 Å². The van der Waals surface area contributed by atoms with Crippen LogP contribution in [0.1, 0.15) is 16.3 Å². The minimum atomic E-state index is 0.472. The fraction of sp³-hybridized carbons (Fsp3) is 0.118. The lowest BCUT2D eigenvalue weighted by Gasteiger charge is -2.02. The number of nitrogens with zero attached hydrogens (tertiary/aromatic N) is 1. The van der Waals surface area contributed by atoms with Gasteiger partial charge >= 0.3 is 0 Å². The molecule has 100 valence electrons. The molecule has 1 heterocycles. The van der Waals surface area contributed by atoms with E-state index in [1.807, 2.05) is 12.1 Å². The normalized spacial score (nSPS) is 10.7. The monoisotopic (exact) mass is 299 g/mol. The molecule has 20 heavy (non-hydrogen) atoms. The topological polar surface area (TPSA) is 12.9 Å². The minimum Gasteiger partial charge on any atom is -0.244 e. The summed E-state index contributed by atoms with van der Waals surface area (Å²) in [5, 5.41) is 0.983. The van der Waals surface area contributed by atoms with Gasteiger partial charge in [0.15, 0.2) is 0 Å². The Balaban J connectivity index is 2.00. The maximum absolute atomic E-state index is 5.95. The maximum atomic E-state index is 5.95. The van der Waals surface area contributed by atoms with Crippen LogP contribution in [0.15, 0.2) is 60.7 Å². The Morgan fingerprint density at radius 1 is 0.900 bits per heavy atom. The summed E-state index contributed by atoms with van der Waals surface area (Å²) in [6, 6.07) is 20.8. The first-order valence-corrected chi connectivity index (χ1v) is 7.86. The fourth-order valence-corrected chi connectivity index (χ4v) is 3.34. The Bertz CT molecular complexity index is 677. The van der Waals surface area contributed by atoms with Crippen LogP contribution in [0.5, 0.6) is 0 Å². The molecule has 0 aliphatic carbocycles. The van der Waals surface area contributed by atoms with E-state index in [9.17, 15) is 0 Å². The Kier molecular flexibility index (Phi) is 4.14. The van der Waals surface area contributed by atoms with Crippen molar-refractivity contribution in [3.05, 3.63) is 76.9 Å². The predicted octanol–water partition coefficient (Wildman–Crippen LogP) is 5.14. The van der Waals surface area contributed by atoms with Crippen LogP contribution in [0.4, 0.5) is 0 Å². The molecule has 0 atom stereocenters. The summed E-state index contributed by atoms with van der Waals surface area (Å²) < 4.78 is 0. The lowest BCUT2D eigenvalue weighted by Crippen LogP contribution is -1.91. The lowest BCUT2D eigenvalue weighted by atomic mass is 10.1. The highest BCUT2D eigenvalue weighted by molar-refractivity contribution is 7.15. The third-order valence-electron chi connectivity index (χ3n) is 3.11. The molecule has 0 saturated carbocycles. The number of alkyl halides is 1. The van der Waals surface area contributed by atoms with Crippen molar-refractivity contribution in [1.82, 2.24) is 4.98 Å². The summed E-state index contributed by atoms with van der Waals surface area (Å²) in [6.45, 7) is 0. The summed E-state index contributed by atoms with van der Waals surface area (Å²) in [6.07, 6.45) is 0.846. The number of hydrogen-bond acceptors (Lipinski definition) is 2. The van der Waals surface area contributed by atoms with Crippen molar-refractivity contribution in [2.24, 2.45) is 0 Å². The van der Waals surface area contributed by atoms with Gasteiger partial charge in [-0.15, -0.1) is 22.9 Å². The Labute approximate surface area is 127 Å². The van der Waals surface area contributed by atoms with Crippen molar-refractivity contribution in [2.45, 2.75) is 12.3 Å². The smallest absolute Gasteiger partial charge is 0.108 e. The molecule has 0 N–H and O–H groups in total. The SMILES string of the molecule is ClCc1nc(Cc2ccccc2)c(-c2ccccc2)s1. The molecule has 2 aromatic carbocycles. The van der Waals surface area contributed by atoms with Gasteiger partial charge in [0.2, 0.25) is 0 Å². The number of aromatic nitrogens is 1. The number of hydrogen-bond donors (Lipinski definition) is 0. The van der Waals surface area contributed by atoms with Gasteiger partial charge in [-0.25, -0.2) is 4.98 Å². The van der Waals surface area contributed by atoms with Crippen LogP contribution in [0.3, 0.4) is 0 Å². The number of halogens is 1. The van der Waals surface area contributed by atoms with E-state index in [-0.39, 0.29) is 0 Å². The Hall–Kier alpha value is -1.64. The van der Waals surface area contributed by atoms with Crippen LogP contribution < -0.4 is 0 Å². The van der Waals surface area contributed by atoms with E-state index in [4.69, 9.17) is 11.6 Å². The van der Waals surface area contributed by atoms with Gasteiger partial charge < -0.3 is 0 Å². The first-order chi connectivity index (χ1) is 9.86. The van der Waals surface area contributed by atoms with Crippen LogP contribution in [0.2, 0.25) is 0 Å². The van der Waals surface area contributed by atoms with Gasteiger partial charge in [0.25, 0.3) is 0 Å². The first kappa shape index (κ1) is 13.3. The van der Waals surface area contributed by atoms with Crippen LogP contribution >= 0.6 is 22.9 Å². The summed E-state index contributed by atoms with van der Waals surface area (Å²) in [4.78, 5) is 5.91. The maximum Gasteiger partial charge on any atom is 0.108 e. The largest absolute Gasteiger partial charge is 0.244 e. The van der Waals surface area contributed by atoms with E-state index in [0.717, 1.165) is 17.1 Å². The van der Waals surface area contributed by atoms with E-state index >= 15 is 0 Å². The van der Waals surface area contributed by atoms with E-state index < -0.39 is 0 Å². The van der Waals surface area contributed by atoms with Gasteiger partial charge in [-0.05, 0) is 11.1 Å². The van der Waals surface area contributed by atoms with Gasteiger partial charge in [-0.3, -0.25) is 0 Å². The Morgan fingerprint density at radius 3 is 2.20 bits per heavy atom. The molecule has 0 aliphatic heterocycles. The van der Waals surface area contributed by atoms with Crippen molar-refractivity contribution in [1.29, 1.82) is 0 Å². The molecule has 3 rings (SSSR count). The zero-order valence-corrected chi connectivity index (χ0v) is 12.5. The van der Waals surface area contributed by atoms with Crippen molar-refractivity contribution < 1.29 is 0 Å². The number of thiazole rings is 1. The second kappa shape index (κ2) is 6.21. The summed E-state index contributed by atoms with van der Waals surface area (Å²) in [7, 11) is 0. The van der Waals surface area contributed by atoms with Gasteiger partial charge in [0.05, 0.1) is 16.5 Å². The van der Waals surface area contributed by atoms with Gasteiger partial charge in [-0.2, -0.15) is 0 Å². The van der Waals surface area contributed by atoms with Crippen LogP contribution in [-0.2, 0) is 12.3 Å². The molecule has 0 radical (unpaired) electrons. The summed E-state index contributed by atoms with van der Waals surface area (Å²) in [5.74, 6) is 0.472. The molecule has 3 aromatic rings. The second-order valence-corrected chi connectivity index (χ2v) is 5.90.